The number of hydrogen-bond donors (Lipinski definition) is 2. The number of methoxy groups -OCH3 is 1. The van der Waals surface area contributed by atoms with Gasteiger partial charge in [0.2, 0.25) is 0 Å². The summed E-state index contributed by atoms with van der Waals surface area (Å²) in [4.78, 5) is 41.0. The lowest BCUT2D eigenvalue weighted by molar-refractivity contribution is -0.139. The van der Waals surface area contributed by atoms with Crippen molar-refractivity contribution < 1.29 is 33.7 Å². The van der Waals surface area contributed by atoms with Crippen LogP contribution in [0.15, 0.2) is 41.6 Å². The second kappa shape index (κ2) is 14.4. The highest BCUT2D eigenvalue weighted by atomic mass is 16.6. The highest BCUT2D eigenvalue weighted by molar-refractivity contribution is 5.95. The van der Waals surface area contributed by atoms with Crippen molar-refractivity contribution >= 4 is 18.3 Å². The molecule has 0 radical (unpaired) electrons. The molecule has 1 atom stereocenters. The molecule has 0 aliphatic heterocycles. The number of nitrogens with one attached hydrogen (secondary N) is 1. The van der Waals surface area contributed by atoms with E-state index in [9.17, 15) is 19.5 Å². The van der Waals surface area contributed by atoms with Crippen molar-refractivity contribution in [3.63, 3.8) is 0 Å². The van der Waals surface area contributed by atoms with Gasteiger partial charge in [-0.15, -0.1) is 0 Å². The number of esters is 1. The molecule has 1 aromatic carbocycles. The van der Waals surface area contributed by atoms with Crippen LogP contribution in [0.4, 0.5) is 4.79 Å². The van der Waals surface area contributed by atoms with Crippen LogP contribution in [0.1, 0.15) is 52.0 Å². The van der Waals surface area contributed by atoms with E-state index in [0.29, 0.717) is 32.3 Å². The topological polar surface area (TPSA) is 118 Å². The van der Waals surface area contributed by atoms with Gasteiger partial charge in [-0.25, -0.2) is 9.59 Å². The Morgan fingerprint density at radius 3 is 2.28 bits per heavy atom. The minimum Gasteiger partial charge on any atom is -0.464 e. The van der Waals surface area contributed by atoms with E-state index in [0.717, 1.165) is 18.4 Å². The SMILES string of the molecule is CNC(N(C)C(C(=O)OC)=C(C=O)CO)C1(N(C)C(=O)OC(C)(C)C)CCC(COCc2ccccc2)CC1. The highest BCUT2D eigenvalue weighted by Gasteiger charge is 2.50. The first kappa shape index (κ1) is 32.3. The van der Waals surface area contributed by atoms with Crippen LogP contribution in [0.25, 0.3) is 0 Å². The standard InChI is InChI=1S/C29H45N3O7/c1-28(2,3)39-27(36)32(6)29(26(30-4)31(5)24(25(35)37-7)23(17-33)18-34)15-13-22(14-16-29)20-38-19-21-11-9-8-10-12-21/h8-12,17,22,26,30,34H,13-16,18-20H2,1-7H3. The number of aliphatic hydroxyl groups is 1. The van der Waals surface area contributed by atoms with Gasteiger partial charge in [-0.2, -0.15) is 0 Å². The van der Waals surface area contributed by atoms with E-state index < -0.39 is 36.0 Å². The first-order valence-corrected chi connectivity index (χ1v) is 13.3. The fraction of sp³-hybridized carbons (Fsp3) is 0.621. The van der Waals surface area contributed by atoms with Gasteiger partial charge in [0.15, 0.2) is 6.29 Å². The van der Waals surface area contributed by atoms with Gasteiger partial charge in [0, 0.05) is 26.3 Å². The molecule has 1 aliphatic carbocycles. The molecule has 1 amide bonds. The van der Waals surface area contributed by atoms with Crippen molar-refractivity contribution in [2.75, 3.05) is 41.5 Å². The summed E-state index contributed by atoms with van der Waals surface area (Å²) in [6.07, 6.45) is 2.05. The number of amides is 1. The first-order valence-electron chi connectivity index (χ1n) is 13.3. The Balaban J connectivity index is 2.37. The lowest BCUT2D eigenvalue weighted by atomic mass is 9.73. The summed E-state index contributed by atoms with van der Waals surface area (Å²) in [5, 5.41) is 13.1. The molecule has 1 aromatic rings. The molecule has 1 unspecified atom stereocenters. The van der Waals surface area contributed by atoms with Gasteiger partial charge in [-0.05, 0) is 65.0 Å². The monoisotopic (exact) mass is 547 g/mol. The lowest BCUT2D eigenvalue weighted by Gasteiger charge is -2.53. The Hall–Kier alpha value is -2.95. The summed E-state index contributed by atoms with van der Waals surface area (Å²) < 4.78 is 16.7. The molecule has 2 N–H and O–H groups in total. The van der Waals surface area contributed by atoms with Gasteiger partial charge in [0.25, 0.3) is 0 Å². The molecule has 2 rings (SSSR count). The van der Waals surface area contributed by atoms with Crippen molar-refractivity contribution in [1.29, 1.82) is 0 Å². The molecule has 1 aliphatic rings. The van der Waals surface area contributed by atoms with Gasteiger partial charge >= 0.3 is 12.1 Å². The quantitative estimate of drug-likeness (QED) is 0.176. The largest absolute Gasteiger partial charge is 0.464 e. The molecule has 0 heterocycles. The predicted molar refractivity (Wildman–Crippen MR) is 148 cm³/mol. The fourth-order valence-electron chi connectivity index (χ4n) is 5.28. The van der Waals surface area contributed by atoms with Crippen LogP contribution in [-0.4, -0.2) is 92.0 Å². The highest BCUT2D eigenvalue weighted by Crippen LogP contribution is 2.41. The third-order valence-electron chi connectivity index (χ3n) is 7.29. The third kappa shape index (κ3) is 8.27. The number of rotatable bonds is 12. The second-order valence-corrected chi connectivity index (χ2v) is 11.0. The Morgan fingerprint density at radius 2 is 1.79 bits per heavy atom. The molecule has 10 nitrogen and oxygen atoms in total. The predicted octanol–water partition coefficient (Wildman–Crippen LogP) is 3.09. The van der Waals surface area contributed by atoms with E-state index in [2.05, 4.69) is 5.32 Å². The number of aldehydes is 1. The maximum Gasteiger partial charge on any atom is 0.410 e. The van der Waals surface area contributed by atoms with Gasteiger partial charge < -0.3 is 29.1 Å². The number of aliphatic hydroxyl groups excluding tert-OH is 1. The van der Waals surface area contributed by atoms with E-state index in [1.807, 2.05) is 51.1 Å². The van der Waals surface area contributed by atoms with Gasteiger partial charge in [0.05, 0.1) is 25.9 Å². The Bertz CT molecular complexity index is 982. The van der Waals surface area contributed by atoms with Crippen molar-refractivity contribution in [1.82, 2.24) is 15.1 Å². The summed E-state index contributed by atoms with van der Waals surface area (Å²) in [5.41, 5.74) is -0.581. The molecule has 218 valence electrons. The summed E-state index contributed by atoms with van der Waals surface area (Å²) in [6.45, 7) is 5.92. The van der Waals surface area contributed by atoms with Crippen LogP contribution in [-0.2, 0) is 30.4 Å². The van der Waals surface area contributed by atoms with Gasteiger partial charge in [-0.3, -0.25) is 10.1 Å². The average Bonchev–Trinajstić information content (AvgIpc) is 2.91. The summed E-state index contributed by atoms with van der Waals surface area (Å²) in [6, 6.07) is 10.00. The van der Waals surface area contributed by atoms with Crippen LogP contribution in [0.5, 0.6) is 0 Å². The number of carbonyl (C=O) groups excluding carboxylic acids is 3. The summed E-state index contributed by atoms with van der Waals surface area (Å²) in [5.74, 6) is -0.470. The number of nitrogens with zero attached hydrogens (tertiary/aromatic N) is 2. The minimum absolute atomic E-state index is 0.0698. The zero-order valence-corrected chi connectivity index (χ0v) is 24.4. The van der Waals surface area contributed by atoms with Gasteiger partial charge in [0.1, 0.15) is 17.5 Å². The van der Waals surface area contributed by atoms with Crippen LogP contribution < -0.4 is 5.32 Å². The van der Waals surface area contributed by atoms with Crippen LogP contribution in [0.3, 0.4) is 0 Å². The normalized spacial score (nSPS) is 20.9. The van der Waals surface area contributed by atoms with E-state index in [4.69, 9.17) is 14.2 Å². The smallest absolute Gasteiger partial charge is 0.410 e. The van der Waals surface area contributed by atoms with E-state index >= 15 is 0 Å². The van der Waals surface area contributed by atoms with E-state index in [1.54, 1.807) is 30.9 Å². The van der Waals surface area contributed by atoms with Crippen molar-refractivity contribution in [2.45, 2.75) is 70.4 Å². The zero-order valence-electron chi connectivity index (χ0n) is 24.4. The fourth-order valence-corrected chi connectivity index (χ4v) is 5.28. The van der Waals surface area contributed by atoms with Crippen LogP contribution in [0.2, 0.25) is 0 Å². The van der Waals surface area contributed by atoms with E-state index in [-0.39, 0.29) is 17.2 Å². The molecule has 0 bridgehead atoms. The molecule has 0 saturated heterocycles. The Labute approximate surface area is 232 Å². The molecular weight excluding hydrogens is 502 g/mol. The van der Waals surface area contributed by atoms with Crippen molar-refractivity contribution in [3.05, 3.63) is 47.2 Å². The lowest BCUT2D eigenvalue weighted by Crippen LogP contribution is -2.68. The summed E-state index contributed by atoms with van der Waals surface area (Å²) in [7, 11) is 6.29. The van der Waals surface area contributed by atoms with Gasteiger partial charge in [-0.1, -0.05) is 30.3 Å². The van der Waals surface area contributed by atoms with Crippen LogP contribution in [0, 0.1) is 5.92 Å². The molecule has 10 heteroatoms. The maximum atomic E-state index is 13.4. The number of benzene rings is 1. The zero-order chi connectivity index (χ0) is 29.2. The minimum atomic E-state index is -0.815. The van der Waals surface area contributed by atoms with Crippen molar-refractivity contribution in [3.8, 4) is 0 Å². The molecule has 1 fully saturated rings. The number of hydrogen-bond acceptors (Lipinski definition) is 9. The first-order chi connectivity index (χ1) is 18.4. The van der Waals surface area contributed by atoms with Crippen molar-refractivity contribution in [2.24, 2.45) is 5.92 Å². The molecular formula is C29H45N3O7. The molecule has 0 aromatic heterocycles. The maximum absolute atomic E-state index is 13.4. The third-order valence-corrected chi connectivity index (χ3v) is 7.29. The Morgan fingerprint density at radius 1 is 1.18 bits per heavy atom. The summed E-state index contributed by atoms with van der Waals surface area (Å²) >= 11 is 0. The number of likely N-dealkylation sites (N-methyl/N-ethyl adjacent to an activating group) is 3. The number of carbonyl (C=O) groups is 3. The number of ether oxygens (including phenoxy) is 3. The average molecular weight is 548 g/mol. The second-order valence-electron chi connectivity index (χ2n) is 11.0. The molecule has 1 saturated carbocycles. The Kier molecular flexibility index (Phi) is 11.9. The molecule has 0 spiro atoms. The molecule has 39 heavy (non-hydrogen) atoms. The van der Waals surface area contributed by atoms with Crippen LogP contribution >= 0.6 is 0 Å². The van der Waals surface area contributed by atoms with E-state index in [1.165, 1.54) is 7.11 Å².